The Morgan fingerprint density at radius 1 is 1.17 bits per heavy atom. The van der Waals surface area contributed by atoms with Gasteiger partial charge in [0, 0.05) is 19.3 Å². The van der Waals surface area contributed by atoms with Gasteiger partial charge in [-0.15, -0.1) is 0 Å². The highest BCUT2D eigenvalue weighted by Gasteiger charge is 2.27. The first kappa shape index (κ1) is 18.0. The number of thioether (sulfide) groups is 1. The first-order valence-corrected chi connectivity index (χ1v) is 9.18. The Labute approximate surface area is 143 Å². The molecular weight excluding hydrogens is 304 g/mol. The van der Waals surface area contributed by atoms with E-state index in [0.29, 0.717) is 0 Å². The molecule has 0 saturated carbocycles. The van der Waals surface area contributed by atoms with Crippen molar-refractivity contribution in [2.45, 2.75) is 37.2 Å². The van der Waals surface area contributed by atoms with Gasteiger partial charge in [0.05, 0.1) is 23.0 Å². The lowest BCUT2D eigenvalue weighted by molar-refractivity contribution is 0.0273. The Balaban J connectivity index is 0.000000924. The van der Waals surface area contributed by atoms with Crippen LogP contribution in [0.2, 0.25) is 0 Å². The van der Waals surface area contributed by atoms with Crippen LogP contribution in [-0.2, 0) is 4.74 Å². The quantitative estimate of drug-likeness (QED) is 0.850. The molecule has 0 spiro atoms. The van der Waals surface area contributed by atoms with Crippen LogP contribution in [0.3, 0.4) is 0 Å². The van der Waals surface area contributed by atoms with Crippen LogP contribution < -0.4 is 5.32 Å². The largest absolute Gasteiger partial charge is 0.374 e. The number of pyridine rings is 1. The maximum absolute atomic E-state index is 6.00. The summed E-state index contributed by atoms with van der Waals surface area (Å²) in [7, 11) is 0. The molecule has 4 heteroatoms. The van der Waals surface area contributed by atoms with Gasteiger partial charge >= 0.3 is 0 Å². The van der Waals surface area contributed by atoms with Crippen molar-refractivity contribution >= 4 is 11.8 Å². The predicted octanol–water partition coefficient (Wildman–Crippen LogP) is 4.24. The van der Waals surface area contributed by atoms with Crippen LogP contribution >= 0.6 is 11.8 Å². The van der Waals surface area contributed by atoms with E-state index < -0.39 is 0 Å². The normalized spacial score (nSPS) is 18.7. The van der Waals surface area contributed by atoms with E-state index in [-0.39, 0.29) is 11.4 Å². The van der Waals surface area contributed by atoms with Crippen molar-refractivity contribution in [2.75, 3.05) is 19.7 Å². The molecule has 1 aliphatic heterocycles. The molecule has 124 valence electrons. The average Bonchev–Trinajstić information content (AvgIpc) is 2.64. The molecule has 2 atom stereocenters. The van der Waals surface area contributed by atoms with Gasteiger partial charge in [-0.1, -0.05) is 62.0 Å². The lowest BCUT2D eigenvalue weighted by atomic mass is 10.1. The fourth-order valence-corrected chi connectivity index (χ4v) is 3.73. The summed E-state index contributed by atoms with van der Waals surface area (Å²) in [5.41, 5.74) is 2.51. The summed E-state index contributed by atoms with van der Waals surface area (Å²) in [6.07, 6.45) is 2.03. The Hall–Kier alpha value is -1.36. The minimum Gasteiger partial charge on any atom is -0.374 e. The zero-order chi connectivity index (χ0) is 16.5. The third-order valence-electron chi connectivity index (χ3n) is 3.62. The fourth-order valence-electron chi connectivity index (χ4n) is 2.50. The number of rotatable bonds is 4. The van der Waals surface area contributed by atoms with Gasteiger partial charge in [-0.3, -0.25) is 0 Å². The number of nitrogens with one attached hydrogen (secondary N) is 1. The van der Waals surface area contributed by atoms with Crippen LogP contribution in [-0.4, -0.2) is 30.8 Å². The van der Waals surface area contributed by atoms with Crippen molar-refractivity contribution in [3.05, 3.63) is 59.8 Å². The summed E-state index contributed by atoms with van der Waals surface area (Å²) >= 11 is 1.80. The van der Waals surface area contributed by atoms with Crippen LogP contribution in [0.1, 0.15) is 30.2 Å². The number of benzene rings is 1. The molecular formula is C19H26N2OS. The highest BCUT2D eigenvalue weighted by atomic mass is 32.2. The van der Waals surface area contributed by atoms with Gasteiger partial charge in [0.25, 0.3) is 0 Å². The molecule has 1 saturated heterocycles. The number of aryl methyl sites for hydroxylation is 1. The van der Waals surface area contributed by atoms with E-state index in [0.717, 1.165) is 24.7 Å². The number of ether oxygens (including phenoxy) is 1. The summed E-state index contributed by atoms with van der Waals surface area (Å²) in [6, 6.07) is 14.7. The molecule has 3 rings (SSSR count). The summed E-state index contributed by atoms with van der Waals surface area (Å²) in [6.45, 7) is 8.71. The zero-order valence-electron chi connectivity index (χ0n) is 14.2. The van der Waals surface area contributed by atoms with Gasteiger partial charge in [0.2, 0.25) is 0 Å². The second-order valence-corrected chi connectivity index (χ2v) is 6.32. The first-order valence-electron chi connectivity index (χ1n) is 8.30. The van der Waals surface area contributed by atoms with E-state index in [1.807, 2.05) is 26.1 Å². The number of hydrogen-bond donors (Lipinski definition) is 1. The highest BCUT2D eigenvalue weighted by molar-refractivity contribution is 7.99. The molecule has 0 radical (unpaired) electrons. The van der Waals surface area contributed by atoms with Gasteiger partial charge in [-0.25, -0.2) is 4.98 Å². The molecule has 23 heavy (non-hydrogen) atoms. The predicted molar refractivity (Wildman–Crippen MR) is 98.0 cm³/mol. The minimum absolute atomic E-state index is 0.174. The van der Waals surface area contributed by atoms with E-state index in [2.05, 4.69) is 53.6 Å². The molecule has 1 aliphatic rings. The Morgan fingerprint density at radius 3 is 2.61 bits per heavy atom. The van der Waals surface area contributed by atoms with Crippen molar-refractivity contribution in [3.63, 3.8) is 0 Å². The van der Waals surface area contributed by atoms with Gasteiger partial charge in [-0.2, -0.15) is 0 Å². The Morgan fingerprint density at radius 2 is 1.96 bits per heavy atom. The smallest absolute Gasteiger partial charge is 0.0995 e. The standard InChI is InChI=1S/C17H20N2OS.C2H6/c1-13-6-5-9-19-17(13)21-16(14-7-3-2-4-8-14)15-12-18-10-11-20-15;1-2/h2-9,15-16,18H,10-12H2,1H3;1-2H3. The minimum atomic E-state index is 0.174. The van der Waals surface area contributed by atoms with E-state index in [9.17, 15) is 0 Å². The number of hydrogen-bond acceptors (Lipinski definition) is 4. The van der Waals surface area contributed by atoms with E-state index >= 15 is 0 Å². The lowest BCUT2D eigenvalue weighted by Gasteiger charge is -2.31. The van der Waals surface area contributed by atoms with Gasteiger partial charge in [0.1, 0.15) is 0 Å². The van der Waals surface area contributed by atoms with Crippen molar-refractivity contribution in [1.82, 2.24) is 10.3 Å². The summed E-state index contributed by atoms with van der Waals surface area (Å²) in [5, 5.41) is 4.77. The maximum atomic E-state index is 6.00. The Kier molecular flexibility index (Phi) is 7.59. The van der Waals surface area contributed by atoms with Crippen LogP contribution in [0.15, 0.2) is 53.7 Å². The fraction of sp³-hybridized carbons (Fsp3) is 0.421. The lowest BCUT2D eigenvalue weighted by Crippen LogP contribution is -2.41. The van der Waals surface area contributed by atoms with E-state index in [1.165, 1.54) is 11.1 Å². The molecule has 0 aliphatic carbocycles. The maximum Gasteiger partial charge on any atom is 0.0995 e. The topological polar surface area (TPSA) is 34.2 Å². The highest BCUT2D eigenvalue weighted by Crippen LogP contribution is 2.39. The second kappa shape index (κ2) is 9.71. The first-order chi connectivity index (χ1) is 11.3. The van der Waals surface area contributed by atoms with Crippen molar-refractivity contribution in [2.24, 2.45) is 0 Å². The van der Waals surface area contributed by atoms with Gasteiger partial charge in [-0.05, 0) is 24.1 Å². The third kappa shape index (κ3) is 5.06. The van der Waals surface area contributed by atoms with Crippen LogP contribution in [0.25, 0.3) is 0 Å². The van der Waals surface area contributed by atoms with Crippen LogP contribution in [0, 0.1) is 6.92 Å². The molecule has 0 amide bonds. The summed E-state index contributed by atoms with van der Waals surface area (Å²) in [5.74, 6) is 0. The van der Waals surface area contributed by atoms with Gasteiger partial charge in [0.15, 0.2) is 0 Å². The molecule has 0 bridgehead atoms. The summed E-state index contributed by atoms with van der Waals surface area (Å²) in [4.78, 5) is 4.53. The molecule has 1 aromatic carbocycles. The summed E-state index contributed by atoms with van der Waals surface area (Å²) < 4.78 is 6.00. The van der Waals surface area contributed by atoms with E-state index in [1.54, 1.807) is 11.8 Å². The molecule has 1 fully saturated rings. The number of morpholine rings is 1. The van der Waals surface area contributed by atoms with Crippen LogP contribution in [0.4, 0.5) is 0 Å². The monoisotopic (exact) mass is 330 g/mol. The molecule has 3 nitrogen and oxygen atoms in total. The number of nitrogens with zero attached hydrogens (tertiary/aromatic N) is 1. The molecule has 1 aromatic heterocycles. The number of aromatic nitrogens is 1. The van der Waals surface area contributed by atoms with Crippen LogP contribution in [0.5, 0.6) is 0 Å². The van der Waals surface area contributed by atoms with Crippen molar-refractivity contribution < 1.29 is 4.74 Å². The third-order valence-corrected chi connectivity index (χ3v) is 5.10. The van der Waals surface area contributed by atoms with E-state index in [4.69, 9.17) is 4.74 Å². The van der Waals surface area contributed by atoms with Crippen molar-refractivity contribution in [3.8, 4) is 0 Å². The molecule has 2 heterocycles. The van der Waals surface area contributed by atoms with Gasteiger partial charge < -0.3 is 10.1 Å². The zero-order valence-corrected chi connectivity index (χ0v) is 15.0. The van der Waals surface area contributed by atoms with Crippen molar-refractivity contribution in [1.29, 1.82) is 0 Å². The molecule has 1 N–H and O–H groups in total. The molecule has 2 aromatic rings. The molecule has 2 unspecified atom stereocenters. The average molecular weight is 330 g/mol. The SMILES string of the molecule is CC.Cc1cccnc1SC(c1ccccc1)C1CNCCO1. The Bertz CT molecular complexity index is 571. The second-order valence-electron chi connectivity index (χ2n) is 5.19.